The van der Waals surface area contributed by atoms with E-state index in [1.54, 1.807) is 42.2 Å². The molecule has 0 radical (unpaired) electrons. The normalized spacial score (nSPS) is 15.7. The van der Waals surface area contributed by atoms with E-state index in [1.165, 1.54) is 13.2 Å². The highest BCUT2D eigenvalue weighted by atomic mass is 35.5. The minimum absolute atomic E-state index is 0.0621. The number of hydrogen-bond acceptors (Lipinski definition) is 6. The summed E-state index contributed by atoms with van der Waals surface area (Å²) in [6.45, 7) is 2.18. The molecule has 1 unspecified atom stereocenters. The molecule has 7 nitrogen and oxygen atoms in total. The van der Waals surface area contributed by atoms with Gasteiger partial charge in [-0.15, -0.1) is 0 Å². The third-order valence-corrected chi connectivity index (χ3v) is 6.81. The number of anilines is 1. The molecule has 1 aliphatic heterocycles. The number of esters is 1. The molecular weight excluding hydrogens is 416 g/mol. The molecule has 2 atom stereocenters. The van der Waals surface area contributed by atoms with Crippen LogP contribution in [0.2, 0.25) is 5.02 Å². The number of hydrogen-bond donors (Lipinski definition) is 2. The van der Waals surface area contributed by atoms with E-state index < -0.39 is 28.3 Å². The second kappa shape index (κ2) is 8.71. The number of carbonyl (C=O) groups excluding carboxylic acids is 1. The van der Waals surface area contributed by atoms with Crippen LogP contribution in [0.25, 0.3) is 0 Å². The van der Waals surface area contributed by atoms with Gasteiger partial charge in [-0.1, -0.05) is 41.9 Å². The van der Waals surface area contributed by atoms with Crippen molar-refractivity contribution >= 4 is 33.3 Å². The maximum Gasteiger partial charge on any atom is 0.324 e. The Balaban J connectivity index is 1.93. The number of rotatable bonds is 7. The van der Waals surface area contributed by atoms with Gasteiger partial charge in [0, 0.05) is 12.2 Å². The standard InChI is InChI=1S/C20H23ClN2O5S/c1-13(24)23-9-8-15-11-16(21)19(12-18(15)23)29(26,27)22-17(20(25)28-2)10-14-6-4-3-5-7-14/h3-7,11-13,17,22,24H,8-10H2,1-2H3/t13?,17-/m0/s1. The molecule has 156 valence electrons. The lowest BCUT2D eigenvalue weighted by atomic mass is 10.1. The van der Waals surface area contributed by atoms with Crippen LogP contribution in [0.15, 0.2) is 47.4 Å². The fourth-order valence-electron chi connectivity index (χ4n) is 3.42. The molecule has 29 heavy (non-hydrogen) atoms. The first-order valence-corrected chi connectivity index (χ1v) is 11.0. The number of methoxy groups -OCH3 is 1. The summed E-state index contributed by atoms with van der Waals surface area (Å²) in [5.74, 6) is -0.694. The topological polar surface area (TPSA) is 95.9 Å². The van der Waals surface area contributed by atoms with Gasteiger partial charge in [-0.3, -0.25) is 4.79 Å². The Labute approximate surface area is 175 Å². The summed E-state index contributed by atoms with van der Waals surface area (Å²) in [6, 6.07) is 11.0. The van der Waals surface area contributed by atoms with Gasteiger partial charge in [-0.2, -0.15) is 4.72 Å². The number of sulfonamides is 1. The van der Waals surface area contributed by atoms with Gasteiger partial charge in [0.05, 0.1) is 12.1 Å². The van der Waals surface area contributed by atoms with E-state index in [-0.39, 0.29) is 16.3 Å². The van der Waals surface area contributed by atoms with Crippen LogP contribution in [-0.2, 0) is 32.4 Å². The maximum absolute atomic E-state index is 13.1. The molecule has 0 aromatic heterocycles. The zero-order chi connectivity index (χ0) is 21.2. The summed E-state index contributed by atoms with van der Waals surface area (Å²) >= 11 is 6.26. The van der Waals surface area contributed by atoms with Crippen LogP contribution in [0.4, 0.5) is 5.69 Å². The van der Waals surface area contributed by atoms with Gasteiger partial charge >= 0.3 is 5.97 Å². The molecule has 0 bridgehead atoms. The van der Waals surface area contributed by atoms with E-state index in [4.69, 9.17) is 16.3 Å². The maximum atomic E-state index is 13.1. The van der Waals surface area contributed by atoms with Crippen molar-refractivity contribution in [1.82, 2.24) is 4.72 Å². The summed E-state index contributed by atoms with van der Waals surface area (Å²) in [4.78, 5) is 13.8. The molecule has 0 saturated heterocycles. The van der Waals surface area contributed by atoms with Crippen molar-refractivity contribution in [3.63, 3.8) is 0 Å². The minimum atomic E-state index is -4.13. The Bertz CT molecular complexity index is 995. The molecule has 2 aromatic rings. The van der Waals surface area contributed by atoms with E-state index in [0.717, 1.165) is 11.1 Å². The predicted octanol–water partition coefficient (Wildman–Crippen LogP) is 2.10. The van der Waals surface area contributed by atoms with E-state index in [1.807, 2.05) is 6.07 Å². The summed E-state index contributed by atoms with van der Waals surface area (Å²) in [7, 11) is -2.92. The molecule has 2 N–H and O–H groups in total. The second-order valence-electron chi connectivity index (χ2n) is 6.87. The first-order valence-electron chi connectivity index (χ1n) is 9.14. The van der Waals surface area contributed by atoms with Gasteiger partial charge in [-0.25, -0.2) is 8.42 Å². The lowest BCUT2D eigenvalue weighted by Crippen LogP contribution is -2.43. The molecule has 9 heteroatoms. The number of carbonyl (C=O) groups is 1. The van der Waals surface area contributed by atoms with Crippen LogP contribution in [0.5, 0.6) is 0 Å². The zero-order valence-electron chi connectivity index (χ0n) is 16.1. The number of halogens is 1. The van der Waals surface area contributed by atoms with Gasteiger partial charge in [0.2, 0.25) is 10.0 Å². The van der Waals surface area contributed by atoms with Crippen molar-refractivity contribution in [2.75, 3.05) is 18.6 Å². The second-order valence-corrected chi connectivity index (χ2v) is 8.96. The molecule has 0 amide bonds. The fraction of sp³-hybridized carbons (Fsp3) is 0.350. The van der Waals surface area contributed by atoms with Crippen LogP contribution in [0, 0.1) is 0 Å². The highest BCUT2D eigenvalue weighted by Gasteiger charge is 2.31. The Morgan fingerprint density at radius 3 is 2.62 bits per heavy atom. The number of nitrogens with zero attached hydrogens (tertiary/aromatic N) is 1. The lowest BCUT2D eigenvalue weighted by molar-refractivity contribution is -0.142. The highest BCUT2D eigenvalue weighted by molar-refractivity contribution is 7.89. The average Bonchev–Trinajstić information content (AvgIpc) is 3.09. The van der Waals surface area contributed by atoms with Crippen molar-refractivity contribution in [3.8, 4) is 0 Å². The largest absolute Gasteiger partial charge is 0.468 e. The number of benzene rings is 2. The predicted molar refractivity (Wildman–Crippen MR) is 110 cm³/mol. The molecule has 0 spiro atoms. The monoisotopic (exact) mass is 438 g/mol. The van der Waals surface area contributed by atoms with E-state index in [0.29, 0.717) is 18.7 Å². The number of ether oxygens (including phenoxy) is 1. The van der Waals surface area contributed by atoms with Crippen LogP contribution in [0.1, 0.15) is 18.1 Å². The van der Waals surface area contributed by atoms with Crippen LogP contribution in [0.3, 0.4) is 0 Å². The first kappa shape index (κ1) is 21.6. The quantitative estimate of drug-likeness (QED) is 0.643. The molecule has 1 heterocycles. The number of fused-ring (bicyclic) bond motifs is 1. The van der Waals surface area contributed by atoms with Gasteiger partial charge in [0.15, 0.2) is 0 Å². The number of aliphatic hydroxyl groups is 1. The number of nitrogens with one attached hydrogen (secondary N) is 1. The van der Waals surface area contributed by atoms with Gasteiger partial charge < -0.3 is 14.7 Å². The minimum Gasteiger partial charge on any atom is -0.468 e. The van der Waals surface area contributed by atoms with Crippen LogP contribution in [-0.4, -0.2) is 45.4 Å². The van der Waals surface area contributed by atoms with Crippen molar-refractivity contribution < 1.29 is 23.1 Å². The molecule has 0 saturated carbocycles. The van der Waals surface area contributed by atoms with E-state index >= 15 is 0 Å². The Morgan fingerprint density at radius 1 is 1.31 bits per heavy atom. The average molecular weight is 439 g/mol. The summed E-state index contributed by atoms with van der Waals surface area (Å²) in [5, 5.41) is 10.0. The Hall–Kier alpha value is -2.13. The van der Waals surface area contributed by atoms with Crippen molar-refractivity contribution in [1.29, 1.82) is 0 Å². The van der Waals surface area contributed by atoms with Crippen molar-refractivity contribution in [2.45, 2.75) is 36.9 Å². The highest BCUT2D eigenvalue weighted by Crippen LogP contribution is 2.36. The van der Waals surface area contributed by atoms with Crippen molar-refractivity contribution in [2.24, 2.45) is 0 Å². The van der Waals surface area contributed by atoms with Gasteiger partial charge in [0.25, 0.3) is 0 Å². The fourth-order valence-corrected chi connectivity index (χ4v) is 5.18. The van der Waals surface area contributed by atoms with Crippen LogP contribution >= 0.6 is 11.6 Å². The smallest absolute Gasteiger partial charge is 0.324 e. The van der Waals surface area contributed by atoms with Gasteiger partial charge in [0.1, 0.15) is 17.2 Å². The number of aliphatic hydroxyl groups excluding tert-OH is 1. The van der Waals surface area contributed by atoms with Crippen LogP contribution < -0.4 is 9.62 Å². The summed E-state index contributed by atoms with van der Waals surface area (Å²) < 4.78 is 33.3. The SMILES string of the molecule is COC(=O)[C@H](Cc1ccccc1)NS(=O)(=O)c1cc2c(cc1Cl)CCN2C(C)O. The Kier molecular flexibility index (Phi) is 6.48. The van der Waals surface area contributed by atoms with E-state index in [9.17, 15) is 18.3 Å². The molecule has 0 fully saturated rings. The summed E-state index contributed by atoms with van der Waals surface area (Å²) in [6.07, 6.45) is 0.0311. The lowest BCUT2D eigenvalue weighted by Gasteiger charge is -2.23. The third kappa shape index (κ3) is 4.72. The van der Waals surface area contributed by atoms with E-state index in [2.05, 4.69) is 4.72 Å². The molecule has 3 rings (SSSR count). The summed E-state index contributed by atoms with van der Waals surface area (Å²) in [5.41, 5.74) is 2.26. The Morgan fingerprint density at radius 2 is 2.00 bits per heavy atom. The molecule has 1 aliphatic rings. The third-order valence-electron chi connectivity index (χ3n) is 4.87. The molecule has 2 aromatic carbocycles. The first-order chi connectivity index (χ1) is 13.7. The molecular formula is C20H23ClN2O5S. The van der Waals surface area contributed by atoms with Gasteiger partial charge in [-0.05, 0) is 43.0 Å². The molecule has 0 aliphatic carbocycles. The zero-order valence-corrected chi connectivity index (χ0v) is 17.7. The van der Waals surface area contributed by atoms with Crippen molar-refractivity contribution in [3.05, 3.63) is 58.6 Å².